The molecular formula is C9H12F3NO6. The fourth-order valence-corrected chi connectivity index (χ4v) is 2.09. The number of hydrogen-bond donors (Lipinski definition) is 4. The molecule has 1 amide bonds. The van der Waals surface area contributed by atoms with Crippen LogP contribution in [0, 0.1) is 0 Å². The molecule has 110 valence electrons. The molecule has 0 aromatic rings. The number of ether oxygens (including phenoxy) is 2. The predicted octanol–water partition coefficient (Wildman–Crippen LogP) is -2.13. The number of amides is 1. The molecule has 2 aliphatic heterocycles. The standard InChI is InChI=1S/C9H12F3NO6/c10-9(11,12)7(17)13-3-4(15)5(16)8(1-14)2-18-6(3)19-8/h3-6,14-16H,1-2H2,(H,13,17). The van der Waals surface area contributed by atoms with Gasteiger partial charge in [-0.2, -0.15) is 13.2 Å². The minimum atomic E-state index is -5.13. The molecule has 2 rings (SSSR count). The molecule has 0 radical (unpaired) electrons. The molecule has 0 aromatic carbocycles. The van der Waals surface area contributed by atoms with Gasteiger partial charge in [-0.15, -0.1) is 0 Å². The Labute approximate surface area is 104 Å². The second-order valence-corrected chi connectivity index (χ2v) is 4.45. The van der Waals surface area contributed by atoms with Crippen LogP contribution in [-0.4, -0.2) is 70.8 Å². The molecule has 4 N–H and O–H groups in total. The molecule has 2 fully saturated rings. The van der Waals surface area contributed by atoms with Gasteiger partial charge >= 0.3 is 12.1 Å². The van der Waals surface area contributed by atoms with E-state index in [0.29, 0.717) is 0 Å². The van der Waals surface area contributed by atoms with E-state index in [-0.39, 0.29) is 6.61 Å². The van der Waals surface area contributed by atoms with Crippen molar-refractivity contribution in [1.29, 1.82) is 0 Å². The van der Waals surface area contributed by atoms with Crippen LogP contribution in [-0.2, 0) is 14.3 Å². The maximum atomic E-state index is 12.1. The van der Waals surface area contributed by atoms with Gasteiger partial charge in [0.25, 0.3) is 0 Å². The van der Waals surface area contributed by atoms with E-state index in [2.05, 4.69) is 0 Å². The van der Waals surface area contributed by atoms with E-state index >= 15 is 0 Å². The molecule has 10 heteroatoms. The monoisotopic (exact) mass is 287 g/mol. The normalized spacial score (nSPS) is 42.2. The summed E-state index contributed by atoms with van der Waals surface area (Å²) in [5.41, 5.74) is -1.58. The number of nitrogens with one attached hydrogen (secondary N) is 1. The second-order valence-electron chi connectivity index (χ2n) is 4.45. The van der Waals surface area contributed by atoms with Crippen LogP contribution in [0.1, 0.15) is 0 Å². The van der Waals surface area contributed by atoms with Crippen LogP contribution in [0.3, 0.4) is 0 Å². The molecule has 0 aliphatic carbocycles. The molecule has 0 saturated carbocycles. The Morgan fingerprint density at radius 2 is 2.05 bits per heavy atom. The van der Waals surface area contributed by atoms with Crippen molar-refractivity contribution in [2.75, 3.05) is 13.2 Å². The fourth-order valence-electron chi connectivity index (χ4n) is 2.09. The van der Waals surface area contributed by atoms with Gasteiger partial charge in [-0.05, 0) is 0 Å². The summed E-state index contributed by atoms with van der Waals surface area (Å²) in [7, 11) is 0. The van der Waals surface area contributed by atoms with Crippen molar-refractivity contribution in [3.8, 4) is 0 Å². The quantitative estimate of drug-likeness (QED) is 0.462. The van der Waals surface area contributed by atoms with Crippen LogP contribution in [0.15, 0.2) is 0 Å². The third-order valence-corrected chi connectivity index (χ3v) is 3.19. The summed E-state index contributed by atoms with van der Waals surface area (Å²) in [6, 6.07) is -1.58. The van der Waals surface area contributed by atoms with Gasteiger partial charge in [0.2, 0.25) is 0 Å². The van der Waals surface area contributed by atoms with Gasteiger partial charge in [0.15, 0.2) is 6.29 Å². The van der Waals surface area contributed by atoms with Crippen LogP contribution in [0.5, 0.6) is 0 Å². The number of aliphatic hydroxyl groups is 3. The van der Waals surface area contributed by atoms with Crippen molar-refractivity contribution in [3.63, 3.8) is 0 Å². The molecular weight excluding hydrogens is 275 g/mol. The number of carbonyl (C=O) groups excluding carboxylic acids is 1. The van der Waals surface area contributed by atoms with Crippen LogP contribution in [0.25, 0.3) is 0 Å². The largest absolute Gasteiger partial charge is 0.471 e. The topological polar surface area (TPSA) is 108 Å². The maximum Gasteiger partial charge on any atom is 0.471 e. The van der Waals surface area contributed by atoms with Crippen LogP contribution >= 0.6 is 0 Å². The smallest absolute Gasteiger partial charge is 0.393 e. The zero-order chi connectivity index (χ0) is 14.4. The molecule has 0 aromatic heterocycles. The van der Waals surface area contributed by atoms with E-state index in [1.807, 2.05) is 0 Å². The van der Waals surface area contributed by atoms with Crippen molar-refractivity contribution >= 4 is 5.91 Å². The molecule has 5 unspecified atom stereocenters. The molecule has 7 nitrogen and oxygen atoms in total. The van der Waals surface area contributed by atoms with Crippen LogP contribution < -0.4 is 5.32 Å². The van der Waals surface area contributed by atoms with E-state index < -0.39 is 48.8 Å². The van der Waals surface area contributed by atoms with E-state index in [1.165, 1.54) is 5.32 Å². The number of aliphatic hydroxyl groups excluding tert-OH is 3. The van der Waals surface area contributed by atoms with Gasteiger partial charge in [-0.25, -0.2) is 0 Å². The number of carbonyl (C=O) groups is 1. The first-order valence-corrected chi connectivity index (χ1v) is 5.35. The summed E-state index contributed by atoms with van der Waals surface area (Å²) < 4.78 is 46.4. The number of hydrogen-bond acceptors (Lipinski definition) is 6. The minimum absolute atomic E-state index is 0.301. The van der Waals surface area contributed by atoms with Crippen molar-refractivity contribution in [1.82, 2.24) is 5.32 Å². The fraction of sp³-hybridized carbons (Fsp3) is 0.889. The van der Waals surface area contributed by atoms with E-state index in [1.54, 1.807) is 0 Å². The van der Waals surface area contributed by atoms with Gasteiger partial charge in [0.05, 0.1) is 13.2 Å². The highest BCUT2D eigenvalue weighted by atomic mass is 19.4. The Morgan fingerprint density at radius 1 is 1.42 bits per heavy atom. The van der Waals surface area contributed by atoms with Crippen molar-refractivity contribution in [3.05, 3.63) is 0 Å². The van der Waals surface area contributed by atoms with Crippen molar-refractivity contribution in [2.45, 2.75) is 36.3 Å². The number of halogens is 3. The lowest BCUT2D eigenvalue weighted by Gasteiger charge is -2.41. The van der Waals surface area contributed by atoms with Crippen LogP contribution in [0.2, 0.25) is 0 Å². The lowest BCUT2D eigenvalue weighted by molar-refractivity contribution is -0.236. The molecule has 2 bridgehead atoms. The Balaban J connectivity index is 2.14. The highest BCUT2D eigenvalue weighted by Gasteiger charge is 2.60. The first-order valence-electron chi connectivity index (χ1n) is 5.35. The van der Waals surface area contributed by atoms with E-state index in [4.69, 9.17) is 14.6 Å². The Morgan fingerprint density at radius 3 is 2.58 bits per heavy atom. The summed E-state index contributed by atoms with van der Waals surface area (Å²) in [5, 5.41) is 30.1. The van der Waals surface area contributed by atoms with E-state index in [0.717, 1.165) is 0 Å². The van der Waals surface area contributed by atoms with Gasteiger partial charge in [0.1, 0.15) is 23.9 Å². The summed E-state index contributed by atoms with van der Waals surface area (Å²) in [4.78, 5) is 10.8. The van der Waals surface area contributed by atoms with Gasteiger partial charge in [-0.1, -0.05) is 0 Å². The lowest BCUT2D eigenvalue weighted by atomic mass is 9.88. The molecule has 2 saturated heterocycles. The molecule has 5 atom stereocenters. The summed E-state index contributed by atoms with van der Waals surface area (Å²) in [6.45, 7) is -0.980. The zero-order valence-electron chi connectivity index (χ0n) is 9.42. The average Bonchev–Trinajstić information content (AvgIpc) is 2.74. The van der Waals surface area contributed by atoms with E-state index in [9.17, 15) is 28.2 Å². The lowest BCUT2D eigenvalue weighted by Crippen LogP contribution is -2.67. The molecule has 0 spiro atoms. The minimum Gasteiger partial charge on any atom is -0.393 e. The maximum absolute atomic E-state index is 12.1. The van der Waals surface area contributed by atoms with Gasteiger partial charge in [0, 0.05) is 0 Å². The van der Waals surface area contributed by atoms with Gasteiger partial charge < -0.3 is 30.1 Å². The first-order chi connectivity index (χ1) is 8.71. The average molecular weight is 287 g/mol. The summed E-state index contributed by atoms with van der Waals surface area (Å²) >= 11 is 0. The second kappa shape index (κ2) is 4.56. The molecule has 19 heavy (non-hydrogen) atoms. The van der Waals surface area contributed by atoms with Crippen molar-refractivity contribution in [2.24, 2.45) is 0 Å². The number of rotatable bonds is 2. The zero-order valence-corrected chi connectivity index (χ0v) is 9.42. The first kappa shape index (κ1) is 14.5. The highest BCUT2D eigenvalue weighted by Crippen LogP contribution is 2.36. The SMILES string of the molecule is O=C(NC1C2OCC(CO)(O2)C(O)C1O)C(F)(F)F. The highest BCUT2D eigenvalue weighted by molar-refractivity contribution is 5.82. The predicted molar refractivity (Wildman–Crippen MR) is 50.6 cm³/mol. The summed E-state index contributed by atoms with van der Waals surface area (Å²) in [5.74, 6) is -2.28. The Hall–Kier alpha value is -0.940. The van der Waals surface area contributed by atoms with Gasteiger partial charge in [-0.3, -0.25) is 4.79 Å². The van der Waals surface area contributed by atoms with Crippen LogP contribution in [0.4, 0.5) is 13.2 Å². The Bertz CT molecular complexity index is 377. The van der Waals surface area contributed by atoms with Crippen molar-refractivity contribution < 1.29 is 42.8 Å². The number of fused-ring (bicyclic) bond motifs is 2. The Kier molecular flexibility index (Phi) is 3.47. The third kappa shape index (κ3) is 2.30. The molecule has 2 heterocycles. The number of alkyl halides is 3. The third-order valence-electron chi connectivity index (χ3n) is 3.19. The summed E-state index contributed by atoms with van der Waals surface area (Å²) in [6.07, 6.45) is -9.93. The molecule has 2 aliphatic rings.